The quantitative estimate of drug-likeness (QED) is 0.414. The number of ether oxygens (including phenoxy) is 1. The van der Waals surface area contributed by atoms with E-state index in [9.17, 15) is 23.6 Å². The smallest absolute Gasteiger partial charge is 0.322 e. The molecule has 1 aliphatic rings. The van der Waals surface area contributed by atoms with Gasteiger partial charge in [0.1, 0.15) is 6.04 Å². The Bertz CT molecular complexity index is 696. The Kier molecular flexibility index (Phi) is 5.88. The minimum atomic E-state index is -1.04. The summed E-state index contributed by atoms with van der Waals surface area (Å²) < 4.78 is 18.6. The van der Waals surface area contributed by atoms with E-state index in [1.165, 1.54) is 25.1 Å². The van der Waals surface area contributed by atoms with Crippen LogP contribution in [0.4, 0.5) is 9.18 Å². The van der Waals surface area contributed by atoms with Gasteiger partial charge in [0.25, 0.3) is 11.8 Å². The molecule has 0 spiro atoms. The standard InChI is InChI=1S/C15H17FN4O5/c1-8(25-11-5-3-2-4-9(11)16)13(22)20-19-12(21)7-6-10-14(23)18-15(24)17-10/h2-5,8,10H,6-7H2,1H3,(H,19,21)(H,20,22)(H2,17,18,23,24). The molecule has 1 aromatic carbocycles. The van der Waals surface area contributed by atoms with Crippen molar-refractivity contribution < 1.29 is 28.3 Å². The zero-order valence-corrected chi connectivity index (χ0v) is 13.3. The van der Waals surface area contributed by atoms with Gasteiger partial charge >= 0.3 is 6.03 Å². The van der Waals surface area contributed by atoms with Crippen molar-refractivity contribution in [2.24, 2.45) is 0 Å². The SMILES string of the molecule is CC(Oc1ccccc1F)C(=O)NNC(=O)CCC1NC(=O)NC1=O. The highest BCUT2D eigenvalue weighted by Gasteiger charge is 2.29. The summed E-state index contributed by atoms with van der Waals surface area (Å²) in [4.78, 5) is 45.7. The Hall–Kier alpha value is -3.17. The molecule has 25 heavy (non-hydrogen) atoms. The van der Waals surface area contributed by atoms with Crippen molar-refractivity contribution in [2.45, 2.75) is 31.9 Å². The van der Waals surface area contributed by atoms with Gasteiger partial charge in [0, 0.05) is 6.42 Å². The monoisotopic (exact) mass is 352 g/mol. The predicted molar refractivity (Wildman–Crippen MR) is 82.5 cm³/mol. The molecule has 0 aromatic heterocycles. The fourth-order valence-corrected chi connectivity index (χ4v) is 2.02. The zero-order chi connectivity index (χ0) is 18.4. The molecule has 0 aliphatic carbocycles. The number of rotatable bonds is 6. The van der Waals surface area contributed by atoms with Crippen LogP contribution in [-0.4, -0.2) is 35.9 Å². The second kappa shape index (κ2) is 8.08. The van der Waals surface area contributed by atoms with E-state index in [0.717, 1.165) is 0 Å². The van der Waals surface area contributed by atoms with Crippen molar-refractivity contribution >= 4 is 23.8 Å². The molecule has 4 N–H and O–H groups in total. The maximum Gasteiger partial charge on any atom is 0.322 e. The van der Waals surface area contributed by atoms with Crippen LogP contribution in [0.25, 0.3) is 0 Å². The normalized spacial score (nSPS) is 17.3. The van der Waals surface area contributed by atoms with Gasteiger partial charge in [0.15, 0.2) is 17.7 Å². The van der Waals surface area contributed by atoms with E-state index in [4.69, 9.17) is 4.74 Å². The number of hydrazine groups is 1. The number of halogens is 1. The molecule has 2 rings (SSSR count). The molecule has 0 saturated carbocycles. The van der Waals surface area contributed by atoms with Crippen LogP contribution in [0.2, 0.25) is 0 Å². The van der Waals surface area contributed by atoms with E-state index in [-0.39, 0.29) is 18.6 Å². The summed E-state index contributed by atoms with van der Waals surface area (Å²) in [5.74, 6) is -2.43. The number of carbonyl (C=O) groups is 4. The number of para-hydroxylation sites is 1. The van der Waals surface area contributed by atoms with Gasteiger partial charge in [-0.15, -0.1) is 0 Å². The largest absolute Gasteiger partial charge is 0.478 e. The number of nitrogens with one attached hydrogen (secondary N) is 4. The molecule has 1 fully saturated rings. The summed E-state index contributed by atoms with van der Waals surface area (Å²) in [5.41, 5.74) is 4.30. The van der Waals surface area contributed by atoms with Gasteiger partial charge in [-0.1, -0.05) is 12.1 Å². The molecule has 5 amide bonds. The highest BCUT2D eigenvalue weighted by molar-refractivity contribution is 6.04. The van der Waals surface area contributed by atoms with Crippen LogP contribution in [-0.2, 0) is 14.4 Å². The maximum absolute atomic E-state index is 13.4. The van der Waals surface area contributed by atoms with Gasteiger partial charge in [-0.25, -0.2) is 9.18 Å². The molecule has 0 radical (unpaired) electrons. The third kappa shape index (κ3) is 5.16. The summed E-state index contributed by atoms with van der Waals surface area (Å²) in [5, 5.41) is 4.40. The van der Waals surface area contributed by atoms with Crippen LogP contribution in [0.1, 0.15) is 19.8 Å². The lowest BCUT2D eigenvalue weighted by Crippen LogP contribution is -2.47. The average molecular weight is 352 g/mol. The van der Waals surface area contributed by atoms with Crippen LogP contribution in [0.15, 0.2) is 24.3 Å². The van der Waals surface area contributed by atoms with E-state index >= 15 is 0 Å². The minimum absolute atomic E-state index is 0.0838. The summed E-state index contributed by atoms with van der Waals surface area (Å²) in [6.45, 7) is 1.40. The van der Waals surface area contributed by atoms with Crippen LogP contribution in [0.3, 0.4) is 0 Å². The first-order chi connectivity index (χ1) is 11.9. The summed E-state index contributed by atoms with van der Waals surface area (Å²) in [6.07, 6.45) is -1.06. The van der Waals surface area contributed by atoms with Gasteiger partial charge < -0.3 is 10.1 Å². The first-order valence-electron chi connectivity index (χ1n) is 7.48. The molecule has 2 unspecified atom stereocenters. The van der Waals surface area contributed by atoms with Gasteiger partial charge in [-0.2, -0.15) is 0 Å². The van der Waals surface area contributed by atoms with Crippen molar-refractivity contribution in [3.8, 4) is 5.75 Å². The molecule has 1 saturated heterocycles. The van der Waals surface area contributed by atoms with E-state index in [1.807, 2.05) is 5.32 Å². The number of benzene rings is 1. The van der Waals surface area contributed by atoms with Crippen LogP contribution in [0, 0.1) is 5.82 Å². The van der Waals surface area contributed by atoms with E-state index in [2.05, 4.69) is 16.2 Å². The third-order valence-electron chi connectivity index (χ3n) is 3.35. The molecule has 9 nitrogen and oxygen atoms in total. The molecule has 10 heteroatoms. The van der Waals surface area contributed by atoms with Gasteiger partial charge in [-0.3, -0.25) is 30.6 Å². The lowest BCUT2D eigenvalue weighted by atomic mass is 10.1. The first kappa shape index (κ1) is 18.2. The Morgan fingerprint density at radius 1 is 1.28 bits per heavy atom. The highest BCUT2D eigenvalue weighted by Crippen LogP contribution is 2.16. The van der Waals surface area contributed by atoms with E-state index in [0.29, 0.717) is 0 Å². The highest BCUT2D eigenvalue weighted by atomic mass is 19.1. The minimum Gasteiger partial charge on any atom is -0.478 e. The molecule has 1 heterocycles. The Morgan fingerprint density at radius 3 is 2.64 bits per heavy atom. The lowest BCUT2D eigenvalue weighted by molar-refractivity contribution is -0.133. The van der Waals surface area contributed by atoms with Crippen molar-refractivity contribution in [1.82, 2.24) is 21.5 Å². The van der Waals surface area contributed by atoms with Crippen LogP contribution < -0.4 is 26.2 Å². The predicted octanol–water partition coefficient (Wildman–Crippen LogP) is -0.271. The number of imide groups is 1. The number of hydrogen-bond acceptors (Lipinski definition) is 5. The van der Waals surface area contributed by atoms with Crippen molar-refractivity contribution in [1.29, 1.82) is 0 Å². The fourth-order valence-electron chi connectivity index (χ4n) is 2.02. The van der Waals surface area contributed by atoms with Crippen molar-refractivity contribution in [3.63, 3.8) is 0 Å². The van der Waals surface area contributed by atoms with Crippen LogP contribution >= 0.6 is 0 Å². The van der Waals surface area contributed by atoms with E-state index in [1.54, 1.807) is 6.07 Å². The number of carbonyl (C=O) groups excluding carboxylic acids is 4. The molecule has 1 aromatic rings. The van der Waals surface area contributed by atoms with Gasteiger partial charge in [-0.05, 0) is 25.5 Å². The Morgan fingerprint density at radius 2 is 2.00 bits per heavy atom. The average Bonchev–Trinajstić information content (AvgIpc) is 2.90. The second-order valence-electron chi connectivity index (χ2n) is 5.28. The molecular formula is C15H17FN4O5. The molecule has 0 bridgehead atoms. The van der Waals surface area contributed by atoms with Crippen molar-refractivity contribution in [3.05, 3.63) is 30.1 Å². The molecule has 1 aliphatic heterocycles. The van der Waals surface area contributed by atoms with Crippen LogP contribution in [0.5, 0.6) is 5.75 Å². The molecule has 2 atom stereocenters. The Balaban J connectivity index is 1.71. The number of urea groups is 1. The van der Waals surface area contributed by atoms with Gasteiger partial charge in [0.05, 0.1) is 0 Å². The third-order valence-corrected chi connectivity index (χ3v) is 3.35. The second-order valence-corrected chi connectivity index (χ2v) is 5.28. The van der Waals surface area contributed by atoms with E-state index < -0.39 is 41.7 Å². The fraction of sp³-hybridized carbons (Fsp3) is 0.333. The first-order valence-corrected chi connectivity index (χ1v) is 7.48. The lowest BCUT2D eigenvalue weighted by Gasteiger charge is -2.15. The number of amides is 5. The zero-order valence-electron chi connectivity index (χ0n) is 13.3. The summed E-state index contributed by atoms with van der Waals surface area (Å²) in [7, 11) is 0. The summed E-state index contributed by atoms with van der Waals surface area (Å²) in [6, 6.07) is 4.22. The molecular weight excluding hydrogens is 335 g/mol. The molecule has 134 valence electrons. The topological polar surface area (TPSA) is 126 Å². The summed E-state index contributed by atoms with van der Waals surface area (Å²) >= 11 is 0. The van der Waals surface area contributed by atoms with Crippen molar-refractivity contribution in [2.75, 3.05) is 0 Å². The number of hydrogen-bond donors (Lipinski definition) is 4. The maximum atomic E-state index is 13.4. The van der Waals surface area contributed by atoms with Gasteiger partial charge in [0.2, 0.25) is 5.91 Å². The Labute approximate surface area is 142 Å².